The van der Waals surface area contributed by atoms with Gasteiger partial charge in [-0.15, -0.1) is 0 Å². The first-order valence-electron chi connectivity index (χ1n) is 9.15. The Morgan fingerprint density at radius 1 is 1.26 bits per heavy atom. The van der Waals surface area contributed by atoms with Gasteiger partial charge in [-0.05, 0) is 43.9 Å². The maximum atomic E-state index is 11.2. The molecule has 3 atom stereocenters. The van der Waals surface area contributed by atoms with Crippen molar-refractivity contribution in [2.75, 3.05) is 5.32 Å². The van der Waals surface area contributed by atoms with Crippen LogP contribution in [0.2, 0.25) is 0 Å². The Balaban J connectivity index is 1.82. The number of para-hydroxylation sites is 1. The third-order valence-electron chi connectivity index (χ3n) is 5.28. The molecule has 4 rings (SSSR count). The summed E-state index contributed by atoms with van der Waals surface area (Å²) in [5.41, 5.74) is 2.58. The molecule has 0 aromatic heterocycles. The van der Waals surface area contributed by atoms with Crippen molar-refractivity contribution in [3.63, 3.8) is 0 Å². The molecule has 2 aromatic carbocycles. The topological polar surface area (TPSA) is 84.6 Å². The molecule has 1 aliphatic carbocycles. The van der Waals surface area contributed by atoms with Crippen molar-refractivity contribution in [3.8, 4) is 11.5 Å². The summed E-state index contributed by atoms with van der Waals surface area (Å²) in [6.45, 7) is 3.95. The highest BCUT2D eigenvalue weighted by atomic mass is 16.6. The molecule has 6 nitrogen and oxygen atoms in total. The summed E-state index contributed by atoms with van der Waals surface area (Å²) in [5, 5.41) is 25.2. The van der Waals surface area contributed by atoms with Gasteiger partial charge < -0.3 is 15.2 Å². The average molecular weight is 366 g/mol. The summed E-state index contributed by atoms with van der Waals surface area (Å²) >= 11 is 0. The van der Waals surface area contributed by atoms with Crippen LogP contribution in [-0.4, -0.2) is 16.1 Å². The first-order valence-corrected chi connectivity index (χ1v) is 9.15. The summed E-state index contributed by atoms with van der Waals surface area (Å²) in [5.74, 6) is 1.19. The number of aromatic hydroxyl groups is 1. The zero-order valence-corrected chi connectivity index (χ0v) is 15.3. The number of allylic oxidation sites excluding steroid dienone is 2. The van der Waals surface area contributed by atoms with Gasteiger partial charge in [0.15, 0.2) is 0 Å². The predicted octanol–water partition coefficient (Wildman–Crippen LogP) is 4.91. The molecule has 0 saturated carbocycles. The van der Waals surface area contributed by atoms with Gasteiger partial charge in [0.2, 0.25) is 0 Å². The molecule has 0 amide bonds. The minimum Gasteiger partial charge on any atom is -0.508 e. The second-order valence-electron chi connectivity index (χ2n) is 7.36. The molecular formula is C21H22N2O4. The Hall–Kier alpha value is -3.02. The fraction of sp³-hybridized carbons (Fsp3) is 0.333. The number of anilines is 1. The number of benzene rings is 2. The number of phenolic OH excluding ortho intramolecular Hbond substituents is 1. The molecule has 140 valence electrons. The molecule has 6 heteroatoms. The molecule has 1 aliphatic heterocycles. The molecule has 1 heterocycles. The Bertz CT molecular complexity index is 922. The van der Waals surface area contributed by atoms with Gasteiger partial charge in [-0.25, -0.2) is 0 Å². The van der Waals surface area contributed by atoms with Crippen molar-refractivity contribution < 1.29 is 14.8 Å². The van der Waals surface area contributed by atoms with Crippen LogP contribution in [-0.2, 0) is 0 Å². The summed E-state index contributed by atoms with van der Waals surface area (Å²) in [6, 6.07) is 9.97. The number of fused-ring (bicyclic) bond motifs is 3. The van der Waals surface area contributed by atoms with E-state index in [1.807, 2.05) is 26.0 Å². The number of phenols is 1. The summed E-state index contributed by atoms with van der Waals surface area (Å²) < 4.78 is 5.98. The molecule has 2 aromatic rings. The summed E-state index contributed by atoms with van der Waals surface area (Å²) in [4.78, 5) is 10.8. The number of ether oxygens (including phenoxy) is 1. The lowest BCUT2D eigenvalue weighted by Gasteiger charge is -2.38. The molecule has 0 spiro atoms. The van der Waals surface area contributed by atoms with E-state index in [1.54, 1.807) is 0 Å². The zero-order valence-electron chi connectivity index (χ0n) is 15.3. The van der Waals surface area contributed by atoms with Crippen LogP contribution in [0, 0.1) is 16.0 Å². The van der Waals surface area contributed by atoms with E-state index in [9.17, 15) is 15.2 Å². The maximum Gasteiger partial charge on any atom is 0.270 e. The molecule has 0 bridgehead atoms. The minimum absolute atomic E-state index is 0.0235. The van der Waals surface area contributed by atoms with E-state index in [4.69, 9.17) is 4.74 Å². The number of hydrogen-bond acceptors (Lipinski definition) is 5. The van der Waals surface area contributed by atoms with Crippen LogP contribution in [0.5, 0.6) is 11.5 Å². The van der Waals surface area contributed by atoms with Gasteiger partial charge in [0, 0.05) is 23.6 Å². The smallest absolute Gasteiger partial charge is 0.270 e. The molecule has 0 fully saturated rings. The molecule has 2 N–H and O–H groups in total. The maximum absolute atomic E-state index is 11.2. The average Bonchev–Trinajstić information content (AvgIpc) is 3.11. The van der Waals surface area contributed by atoms with Crippen LogP contribution in [0.3, 0.4) is 0 Å². The second-order valence-corrected chi connectivity index (χ2v) is 7.36. The minimum atomic E-state index is -0.433. The van der Waals surface area contributed by atoms with Gasteiger partial charge >= 0.3 is 0 Å². The van der Waals surface area contributed by atoms with Crippen LogP contribution in [0.1, 0.15) is 43.4 Å². The van der Waals surface area contributed by atoms with E-state index < -0.39 is 4.92 Å². The lowest BCUT2D eigenvalue weighted by atomic mass is 9.76. The van der Waals surface area contributed by atoms with Crippen LogP contribution in [0.4, 0.5) is 11.4 Å². The highest BCUT2D eigenvalue weighted by molar-refractivity contribution is 5.68. The van der Waals surface area contributed by atoms with Crippen molar-refractivity contribution in [3.05, 3.63) is 69.8 Å². The van der Waals surface area contributed by atoms with Crippen molar-refractivity contribution in [2.45, 2.75) is 38.3 Å². The fourth-order valence-corrected chi connectivity index (χ4v) is 4.16. The van der Waals surface area contributed by atoms with Gasteiger partial charge in [0.05, 0.1) is 22.8 Å². The number of hydrogen-bond donors (Lipinski definition) is 2. The normalized spacial score (nSPS) is 22.9. The van der Waals surface area contributed by atoms with Gasteiger partial charge in [-0.1, -0.05) is 24.3 Å². The molecular weight excluding hydrogens is 344 g/mol. The standard InChI is InChI=1S/C21H22N2O4/c1-12(2)27-19-8-4-7-16-14-5-3-6-15(14)20(22-21(16)19)17-11-13(23(25)26)9-10-18(17)24/h3-5,7-12,14-15,20,22,24H,6H2,1-2H3. The van der Waals surface area contributed by atoms with Crippen LogP contribution in [0.25, 0.3) is 0 Å². The van der Waals surface area contributed by atoms with Crippen LogP contribution in [0.15, 0.2) is 48.6 Å². The Morgan fingerprint density at radius 2 is 2.07 bits per heavy atom. The Morgan fingerprint density at radius 3 is 2.81 bits per heavy atom. The van der Waals surface area contributed by atoms with Crippen molar-refractivity contribution in [1.82, 2.24) is 0 Å². The lowest BCUT2D eigenvalue weighted by Crippen LogP contribution is -2.29. The summed E-state index contributed by atoms with van der Waals surface area (Å²) in [6.07, 6.45) is 5.20. The predicted molar refractivity (Wildman–Crippen MR) is 103 cm³/mol. The van der Waals surface area contributed by atoms with E-state index >= 15 is 0 Å². The van der Waals surface area contributed by atoms with Crippen molar-refractivity contribution in [2.24, 2.45) is 5.92 Å². The third-order valence-corrected chi connectivity index (χ3v) is 5.28. The van der Waals surface area contributed by atoms with E-state index in [0.717, 1.165) is 23.4 Å². The number of rotatable bonds is 4. The SMILES string of the molecule is CC(C)Oc1cccc2c1NC(c1cc([N+](=O)[O-])ccc1O)C1CC=CC21. The molecule has 0 saturated heterocycles. The largest absolute Gasteiger partial charge is 0.508 e. The molecule has 27 heavy (non-hydrogen) atoms. The highest BCUT2D eigenvalue weighted by Crippen LogP contribution is 2.53. The van der Waals surface area contributed by atoms with Crippen LogP contribution >= 0.6 is 0 Å². The second kappa shape index (κ2) is 6.61. The number of nitrogens with one attached hydrogen (secondary N) is 1. The van der Waals surface area contributed by atoms with E-state index in [-0.39, 0.29) is 35.4 Å². The lowest BCUT2D eigenvalue weighted by molar-refractivity contribution is -0.385. The number of nitrogens with zero attached hydrogens (tertiary/aromatic N) is 1. The summed E-state index contributed by atoms with van der Waals surface area (Å²) in [7, 11) is 0. The molecule has 2 aliphatic rings. The first-order chi connectivity index (χ1) is 13.0. The highest BCUT2D eigenvalue weighted by Gasteiger charge is 2.40. The Kier molecular flexibility index (Phi) is 4.26. The van der Waals surface area contributed by atoms with E-state index in [0.29, 0.717) is 5.56 Å². The number of nitro groups is 1. The first kappa shape index (κ1) is 17.4. The van der Waals surface area contributed by atoms with Crippen molar-refractivity contribution in [1.29, 1.82) is 0 Å². The molecule has 0 radical (unpaired) electrons. The van der Waals surface area contributed by atoms with Crippen molar-refractivity contribution >= 4 is 11.4 Å². The zero-order chi connectivity index (χ0) is 19.1. The van der Waals surface area contributed by atoms with Gasteiger partial charge in [0.25, 0.3) is 5.69 Å². The van der Waals surface area contributed by atoms with E-state index in [2.05, 4.69) is 23.5 Å². The number of nitro benzene ring substituents is 1. The quantitative estimate of drug-likeness (QED) is 0.456. The third kappa shape index (κ3) is 3.01. The van der Waals surface area contributed by atoms with E-state index in [1.165, 1.54) is 18.2 Å². The Labute approximate surface area is 157 Å². The van der Waals surface area contributed by atoms with Crippen LogP contribution < -0.4 is 10.1 Å². The van der Waals surface area contributed by atoms with Gasteiger partial charge in [-0.2, -0.15) is 0 Å². The monoisotopic (exact) mass is 366 g/mol. The van der Waals surface area contributed by atoms with Gasteiger partial charge in [0.1, 0.15) is 11.5 Å². The number of non-ortho nitro benzene ring substituents is 1. The molecule has 3 unspecified atom stereocenters. The fourth-order valence-electron chi connectivity index (χ4n) is 4.16. The van der Waals surface area contributed by atoms with Gasteiger partial charge in [-0.3, -0.25) is 10.1 Å².